The third kappa shape index (κ3) is 5.51. The van der Waals surface area contributed by atoms with E-state index in [-0.39, 0.29) is 19.6 Å². The molecule has 0 aliphatic heterocycles. The molecule has 0 aliphatic rings. The number of nitrogens with zero attached hydrogens (tertiary/aromatic N) is 2. The Morgan fingerprint density at radius 1 is 1.28 bits per heavy atom. The molecule has 0 spiro atoms. The highest BCUT2D eigenvalue weighted by Crippen LogP contribution is 2.21. The van der Waals surface area contributed by atoms with Crippen LogP contribution >= 0.6 is 0 Å². The summed E-state index contributed by atoms with van der Waals surface area (Å²) in [5, 5.41) is 8.60. The Morgan fingerprint density at radius 3 is 2.11 bits per heavy atom. The molecule has 0 unspecified atom stereocenters. The molecule has 0 saturated heterocycles. The minimum atomic E-state index is -4.59. The molecule has 18 heavy (non-hydrogen) atoms. The highest BCUT2D eigenvalue weighted by Gasteiger charge is 2.39. The molecule has 5 nitrogen and oxygen atoms in total. The van der Waals surface area contributed by atoms with Crippen LogP contribution in [0.2, 0.25) is 0 Å². The van der Waals surface area contributed by atoms with Gasteiger partial charge in [-0.2, -0.15) is 30.2 Å². The van der Waals surface area contributed by atoms with Gasteiger partial charge in [0, 0.05) is 26.2 Å². The molecule has 0 saturated carbocycles. The molecule has 0 atom stereocenters. The largest absolute Gasteiger partial charge is 0.402 e. The summed E-state index contributed by atoms with van der Waals surface area (Å²) in [6.45, 7) is 0.990. The number of hydrogen-bond donors (Lipinski definition) is 1. The highest BCUT2D eigenvalue weighted by molar-refractivity contribution is 7.86. The SMILES string of the molecule is CC(C)N(CC(F)(F)F)S(=O)(=O)N(C)CCCO. The molecule has 0 amide bonds. The Hall–Kier alpha value is -0.380. The van der Waals surface area contributed by atoms with Crippen molar-refractivity contribution in [3.8, 4) is 0 Å². The minimum Gasteiger partial charge on any atom is -0.396 e. The van der Waals surface area contributed by atoms with Gasteiger partial charge in [0.15, 0.2) is 0 Å². The number of rotatable bonds is 7. The Labute approximate surface area is 105 Å². The van der Waals surface area contributed by atoms with Gasteiger partial charge in [0.05, 0.1) is 0 Å². The van der Waals surface area contributed by atoms with Crippen molar-refractivity contribution in [2.24, 2.45) is 0 Å². The first kappa shape index (κ1) is 17.6. The summed E-state index contributed by atoms with van der Waals surface area (Å²) in [6, 6.07) is -0.798. The Kier molecular flexibility index (Phi) is 6.55. The van der Waals surface area contributed by atoms with Gasteiger partial charge in [-0.1, -0.05) is 0 Å². The molecule has 0 aliphatic carbocycles. The van der Waals surface area contributed by atoms with Gasteiger partial charge in [0.1, 0.15) is 6.54 Å². The molecule has 0 bridgehead atoms. The zero-order valence-electron chi connectivity index (χ0n) is 10.6. The van der Waals surface area contributed by atoms with Crippen LogP contribution in [0, 0.1) is 0 Å². The van der Waals surface area contributed by atoms with E-state index in [9.17, 15) is 21.6 Å². The summed E-state index contributed by atoms with van der Waals surface area (Å²) in [6.07, 6.45) is -4.41. The van der Waals surface area contributed by atoms with Crippen molar-refractivity contribution in [2.75, 3.05) is 26.7 Å². The number of halogens is 3. The zero-order chi connectivity index (χ0) is 14.6. The van der Waals surface area contributed by atoms with Crippen LogP contribution in [-0.4, -0.2) is 61.1 Å². The van der Waals surface area contributed by atoms with Gasteiger partial charge in [-0.15, -0.1) is 0 Å². The monoisotopic (exact) mass is 292 g/mol. The van der Waals surface area contributed by atoms with Gasteiger partial charge >= 0.3 is 6.18 Å². The second kappa shape index (κ2) is 6.69. The maximum Gasteiger partial charge on any atom is 0.402 e. The van der Waals surface area contributed by atoms with E-state index in [0.717, 1.165) is 4.31 Å². The molecule has 9 heteroatoms. The molecule has 1 N–H and O–H groups in total. The van der Waals surface area contributed by atoms with Crippen molar-refractivity contribution in [1.82, 2.24) is 8.61 Å². The quantitative estimate of drug-likeness (QED) is 0.755. The maximum absolute atomic E-state index is 12.3. The standard InChI is InChI=1S/C9H19F3N2O3S/c1-8(2)14(7-9(10,11)12)18(16,17)13(3)5-4-6-15/h8,15H,4-7H2,1-3H3. The van der Waals surface area contributed by atoms with Crippen LogP contribution < -0.4 is 0 Å². The topological polar surface area (TPSA) is 60.9 Å². The van der Waals surface area contributed by atoms with Crippen LogP contribution in [0.4, 0.5) is 13.2 Å². The molecule has 0 rings (SSSR count). The molecule has 0 fully saturated rings. The van der Waals surface area contributed by atoms with Gasteiger partial charge < -0.3 is 5.11 Å². The summed E-state index contributed by atoms with van der Waals surface area (Å²) in [5.41, 5.74) is 0. The van der Waals surface area contributed by atoms with Crippen LogP contribution in [0.25, 0.3) is 0 Å². The molecular formula is C9H19F3N2O3S. The van der Waals surface area contributed by atoms with E-state index in [0.29, 0.717) is 4.31 Å². The van der Waals surface area contributed by atoms with Crippen molar-refractivity contribution in [3.63, 3.8) is 0 Å². The number of hydrogen-bond acceptors (Lipinski definition) is 3. The molecule has 0 heterocycles. The zero-order valence-corrected chi connectivity index (χ0v) is 11.4. The van der Waals surface area contributed by atoms with Gasteiger partial charge in [-0.05, 0) is 20.3 Å². The van der Waals surface area contributed by atoms with Gasteiger partial charge in [-0.3, -0.25) is 0 Å². The minimum absolute atomic E-state index is 0.0279. The van der Waals surface area contributed by atoms with Crippen molar-refractivity contribution < 1.29 is 26.7 Å². The first-order valence-electron chi connectivity index (χ1n) is 5.43. The first-order valence-corrected chi connectivity index (χ1v) is 6.82. The summed E-state index contributed by atoms with van der Waals surface area (Å²) >= 11 is 0. The molecular weight excluding hydrogens is 273 g/mol. The predicted molar refractivity (Wildman–Crippen MR) is 61.1 cm³/mol. The van der Waals surface area contributed by atoms with Gasteiger partial charge in [-0.25, -0.2) is 0 Å². The average Bonchev–Trinajstić information content (AvgIpc) is 2.20. The van der Waals surface area contributed by atoms with Crippen molar-refractivity contribution in [2.45, 2.75) is 32.5 Å². The molecule has 110 valence electrons. The third-order valence-corrected chi connectivity index (χ3v) is 4.35. The normalized spacial score (nSPS) is 13.9. The van der Waals surface area contributed by atoms with E-state index in [1.807, 2.05) is 0 Å². The van der Waals surface area contributed by atoms with Gasteiger partial charge in [0.25, 0.3) is 10.2 Å². The van der Waals surface area contributed by atoms with Gasteiger partial charge in [0.2, 0.25) is 0 Å². The Morgan fingerprint density at radius 2 is 1.78 bits per heavy atom. The fourth-order valence-corrected chi connectivity index (χ4v) is 2.86. The lowest BCUT2D eigenvalue weighted by atomic mass is 10.4. The summed E-state index contributed by atoms with van der Waals surface area (Å²) in [4.78, 5) is 0. The van der Waals surface area contributed by atoms with E-state index >= 15 is 0 Å². The summed E-state index contributed by atoms with van der Waals surface area (Å²) in [7, 11) is -2.98. The maximum atomic E-state index is 12.3. The summed E-state index contributed by atoms with van der Waals surface area (Å²) in [5.74, 6) is 0. The molecule has 0 aromatic heterocycles. The smallest absolute Gasteiger partial charge is 0.396 e. The van der Waals surface area contributed by atoms with Crippen LogP contribution in [0.1, 0.15) is 20.3 Å². The number of alkyl halides is 3. The van der Waals surface area contributed by atoms with Crippen molar-refractivity contribution in [3.05, 3.63) is 0 Å². The molecule has 0 radical (unpaired) electrons. The Balaban J connectivity index is 4.99. The van der Waals surface area contributed by atoms with E-state index < -0.39 is 29.0 Å². The van der Waals surface area contributed by atoms with E-state index in [4.69, 9.17) is 5.11 Å². The van der Waals surface area contributed by atoms with Crippen LogP contribution in [-0.2, 0) is 10.2 Å². The second-order valence-electron chi connectivity index (χ2n) is 4.16. The second-order valence-corrected chi connectivity index (χ2v) is 6.15. The van der Waals surface area contributed by atoms with E-state index in [1.165, 1.54) is 20.9 Å². The number of aliphatic hydroxyl groups excluding tert-OH is 1. The van der Waals surface area contributed by atoms with E-state index in [1.54, 1.807) is 0 Å². The van der Waals surface area contributed by atoms with Crippen LogP contribution in [0.3, 0.4) is 0 Å². The summed E-state index contributed by atoms with van der Waals surface area (Å²) < 4.78 is 62.1. The Bertz CT molecular complexity index is 343. The lowest BCUT2D eigenvalue weighted by molar-refractivity contribution is -0.138. The third-order valence-electron chi connectivity index (χ3n) is 2.23. The van der Waals surface area contributed by atoms with Crippen LogP contribution in [0.15, 0.2) is 0 Å². The van der Waals surface area contributed by atoms with E-state index in [2.05, 4.69) is 0 Å². The average molecular weight is 292 g/mol. The van der Waals surface area contributed by atoms with Crippen molar-refractivity contribution in [1.29, 1.82) is 0 Å². The molecule has 0 aromatic carbocycles. The first-order chi connectivity index (χ1) is 8.02. The highest BCUT2D eigenvalue weighted by atomic mass is 32.2. The fraction of sp³-hybridized carbons (Fsp3) is 1.00. The van der Waals surface area contributed by atoms with Crippen LogP contribution in [0.5, 0.6) is 0 Å². The fourth-order valence-electron chi connectivity index (χ4n) is 1.30. The lowest BCUT2D eigenvalue weighted by Crippen LogP contribution is -2.49. The number of aliphatic hydroxyl groups is 1. The molecule has 0 aromatic rings. The predicted octanol–water partition coefficient (Wildman–Crippen LogP) is 0.818. The lowest BCUT2D eigenvalue weighted by Gasteiger charge is -2.30. The van der Waals surface area contributed by atoms with Crippen molar-refractivity contribution >= 4 is 10.2 Å².